The van der Waals surface area contributed by atoms with Crippen LogP contribution in [0.25, 0.3) is 11.3 Å². The molecule has 5 nitrogen and oxygen atoms in total. The van der Waals surface area contributed by atoms with Crippen LogP contribution in [0.3, 0.4) is 0 Å². The summed E-state index contributed by atoms with van der Waals surface area (Å²) in [6, 6.07) is 8.13. The summed E-state index contributed by atoms with van der Waals surface area (Å²) in [6.07, 6.45) is -2.39. The zero-order chi connectivity index (χ0) is 18.9. The van der Waals surface area contributed by atoms with Crippen molar-refractivity contribution < 1.29 is 26.0 Å². The third-order valence-corrected chi connectivity index (χ3v) is 4.95. The lowest BCUT2D eigenvalue weighted by molar-refractivity contribution is -0.137. The van der Waals surface area contributed by atoms with Crippen LogP contribution in [0.1, 0.15) is 5.56 Å². The fraction of sp³-hybridized carbons (Fsp3) is 0.0625. The fourth-order valence-corrected chi connectivity index (χ4v) is 3.54. The van der Waals surface area contributed by atoms with Gasteiger partial charge in [0.05, 0.1) is 22.3 Å². The van der Waals surface area contributed by atoms with Crippen molar-refractivity contribution in [1.29, 1.82) is 0 Å². The van der Waals surface area contributed by atoms with Crippen LogP contribution in [-0.2, 0) is 16.2 Å². The third-order valence-electron chi connectivity index (χ3n) is 3.34. The third kappa shape index (κ3) is 4.00. The molecule has 1 heterocycles. The number of alkyl halides is 3. The van der Waals surface area contributed by atoms with Gasteiger partial charge in [0.15, 0.2) is 12.2 Å². The molecule has 136 valence electrons. The van der Waals surface area contributed by atoms with Crippen LogP contribution in [0.15, 0.2) is 64.4 Å². The van der Waals surface area contributed by atoms with Gasteiger partial charge in [0.25, 0.3) is 10.0 Å². The second kappa shape index (κ2) is 6.65. The van der Waals surface area contributed by atoms with E-state index < -0.39 is 21.8 Å². The van der Waals surface area contributed by atoms with Crippen LogP contribution < -0.4 is 4.72 Å². The van der Waals surface area contributed by atoms with Gasteiger partial charge in [-0.25, -0.2) is 13.4 Å². The monoisotopic (exact) mass is 402 g/mol. The highest BCUT2D eigenvalue weighted by atomic mass is 35.5. The first-order valence-electron chi connectivity index (χ1n) is 7.05. The van der Waals surface area contributed by atoms with Gasteiger partial charge in [-0.15, -0.1) is 0 Å². The molecule has 0 aliphatic carbocycles. The number of nitrogens with zero attached hydrogens (tertiary/aromatic N) is 1. The molecule has 10 heteroatoms. The molecule has 0 saturated carbocycles. The van der Waals surface area contributed by atoms with E-state index in [2.05, 4.69) is 9.71 Å². The number of anilines is 1. The minimum Gasteiger partial charge on any atom is -0.444 e. The average molecular weight is 403 g/mol. The molecule has 0 amide bonds. The summed E-state index contributed by atoms with van der Waals surface area (Å²) in [5.41, 5.74) is -1.28. The maximum absolute atomic E-state index is 13.2. The summed E-state index contributed by atoms with van der Waals surface area (Å²) >= 11 is 5.77. The zero-order valence-corrected chi connectivity index (χ0v) is 14.4. The highest BCUT2D eigenvalue weighted by Gasteiger charge is 2.32. The van der Waals surface area contributed by atoms with E-state index in [-0.39, 0.29) is 26.9 Å². The number of halogens is 4. The molecule has 0 radical (unpaired) electrons. The minimum absolute atomic E-state index is 0.0288. The summed E-state index contributed by atoms with van der Waals surface area (Å²) in [5, 5.41) is 0.180. The molecule has 0 saturated heterocycles. The molecule has 0 aliphatic rings. The van der Waals surface area contributed by atoms with Crippen molar-refractivity contribution in [3.8, 4) is 11.3 Å². The molecule has 0 spiro atoms. The molecule has 3 aromatic rings. The van der Waals surface area contributed by atoms with Crippen LogP contribution in [0.4, 0.5) is 18.9 Å². The van der Waals surface area contributed by atoms with Gasteiger partial charge in [-0.2, -0.15) is 13.2 Å². The summed E-state index contributed by atoms with van der Waals surface area (Å²) in [5.74, 6) is 0.0688. The van der Waals surface area contributed by atoms with Gasteiger partial charge in [0.1, 0.15) is 0 Å². The topological polar surface area (TPSA) is 72.2 Å². The molecule has 2 aromatic carbocycles. The quantitative estimate of drug-likeness (QED) is 0.679. The van der Waals surface area contributed by atoms with Gasteiger partial charge in [-0.1, -0.05) is 17.7 Å². The summed E-state index contributed by atoms with van der Waals surface area (Å²) in [6.45, 7) is 0. The van der Waals surface area contributed by atoms with Crippen molar-refractivity contribution in [2.75, 3.05) is 4.72 Å². The molecule has 1 N–H and O–H groups in total. The Balaban J connectivity index is 2.05. The fourth-order valence-electron chi connectivity index (χ4n) is 2.20. The standard InChI is InChI=1S/C16H10ClF3N2O3S/c17-12-2-1-3-14(7-12)26(23,24)22-13-5-10(15-8-21-9-25-15)4-11(6-13)16(18,19)20/h1-9,22H. The first-order chi connectivity index (χ1) is 12.1. The van der Waals surface area contributed by atoms with E-state index in [9.17, 15) is 21.6 Å². The number of hydrogen-bond acceptors (Lipinski definition) is 4. The maximum Gasteiger partial charge on any atom is 0.416 e. The molecular weight excluding hydrogens is 393 g/mol. The van der Waals surface area contributed by atoms with Crippen molar-refractivity contribution in [1.82, 2.24) is 4.98 Å². The molecule has 3 rings (SSSR count). The Morgan fingerprint density at radius 1 is 1.12 bits per heavy atom. The van der Waals surface area contributed by atoms with E-state index in [4.69, 9.17) is 16.0 Å². The Kier molecular flexibility index (Phi) is 4.68. The Morgan fingerprint density at radius 3 is 2.50 bits per heavy atom. The van der Waals surface area contributed by atoms with Crippen LogP contribution >= 0.6 is 11.6 Å². The molecule has 0 aliphatic heterocycles. The minimum atomic E-state index is -4.67. The van der Waals surface area contributed by atoms with E-state index in [0.717, 1.165) is 12.5 Å². The lowest BCUT2D eigenvalue weighted by Gasteiger charge is -2.13. The molecular formula is C16H10ClF3N2O3S. The predicted molar refractivity (Wildman–Crippen MR) is 89.2 cm³/mol. The Morgan fingerprint density at radius 2 is 1.88 bits per heavy atom. The maximum atomic E-state index is 13.2. The highest BCUT2D eigenvalue weighted by molar-refractivity contribution is 7.92. The van der Waals surface area contributed by atoms with Gasteiger partial charge in [-0.05, 0) is 36.4 Å². The summed E-state index contributed by atoms with van der Waals surface area (Å²) < 4.78 is 71.5. The van der Waals surface area contributed by atoms with Crippen molar-refractivity contribution in [2.24, 2.45) is 0 Å². The van der Waals surface area contributed by atoms with Crippen molar-refractivity contribution in [3.05, 3.63) is 65.6 Å². The van der Waals surface area contributed by atoms with E-state index in [0.29, 0.717) is 6.07 Å². The normalized spacial score (nSPS) is 12.2. The number of benzene rings is 2. The number of oxazole rings is 1. The van der Waals surface area contributed by atoms with Crippen molar-refractivity contribution in [3.63, 3.8) is 0 Å². The first-order valence-corrected chi connectivity index (χ1v) is 8.91. The number of rotatable bonds is 4. The SMILES string of the molecule is O=S(=O)(Nc1cc(-c2cnco2)cc(C(F)(F)F)c1)c1cccc(Cl)c1. The number of aromatic nitrogens is 1. The van der Waals surface area contributed by atoms with Crippen LogP contribution in [0, 0.1) is 0 Å². The summed E-state index contributed by atoms with van der Waals surface area (Å²) in [4.78, 5) is 3.47. The van der Waals surface area contributed by atoms with Crippen molar-refractivity contribution in [2.45, 2.75) is 11.1 Å². The molecule has 26 heavy (non-hydrogen) atoms. The summed E-state index contributed by atoms with van der Waals surface area (Å²) in [7, 11) is -4.13. The van der Waals surface area contributed by atoms with E-state index in [1.54, 1.807) is 0 Å². The van der Waals surface area contributed by atoms with E-state index in [1.807, 2.05) is 0 Å². The Hall–Kier alpha value is -2.52. The van der Waals surface area contributed by atoms with Gasteiger partial charge in [0.2, 0.25) is 0 Å². The van der Waals surface area contributed by atoms with Crippen LogP contribution in [-0.4, -0.2) is 13.4 Å². The first kappa shape index (κ1) is 18.3. The number of nitrogens with one attached hydrogen (secondary N) is 1. The predicted octanol–water partition coefficient (Wildman–Crippen LogP) is 4.81. The zero-order valence-electron chi connectivity index (χ0n) is 12.8. The Bertz CT molecular complexity index is 1040. The van der Waals surface area contributed by atoms with Crippen LogP contribution in [0.5, 0.6) is 0 Å². The number of hydrogen-bond donors (Lipinski definition) is 1. The van der Waals surface area contributed by atoms with E-state index in [1.165, 1.54) is 36.5 Å². The lowest BCUT2D eigenvalue weighted by atomic mass is 10.1. The van der Waals surface area contributed by atoms with Gasteiger partial charge < -0.3 is 4.42 Å². The second-order valence-corrected chi connectivity index (χ2v) is 7.34. The lowest BCUT2D eigenvalue weighted by Crippen LogP contribution is -2.14. The van der Waals surface area contributed by atoms with Gasteiger partial charge in [-0.3, -0.25) is 4.72 Å². The second-order valence-electron chi connectivity index (χ2n) is 5.23. The van der Waals surface area contributed by atoms with Crippen LogP contribution in [0.2, 0.25) is 5.02 Å². The highest BCUT2D eigenvalue weighted by Crippen LogP contribution is 2.35. The molecule has 0 atom stereocenters. The van der Waals surface area contributed by atoms with E-state index >= 15 is 0 Å². The molecule has 0 unspecified atom stereocenters. The Labute approximate surface area is 151 Å². The smallest absolute Gasteiger partial charge is 0.416 e. The molecule has 1 aromatic heterocycles. The number of sulfonamides is 1. The molecule has 0 fully saturated rings. The van der Waals surface area contributed by atoms with Gasteiger partial charge in [0, 0.05) is 10.6 Å². The van der Waals surface area contributed by atoms with Crippen molar-refractivity contribution >= 4 is 27.3 Å². The average Bonchev–Trinajstić information content (AvgIpc) is 3.08. The largest absolute Gasteiger partial charge is 0.444 e. The van der Waals surface area contributed by atoms with Gasteiger partial charge >= 0.3 is 6.18 Å². The molecule has 0 bridgehead atoms.